The first-order chi connectivity index (χ1) is 6.86. The summed E-state index contributed by atoms with van der Waals surface area (Å²) >= 11 is 0. The lowest BCUT2D eigenvalue weighted by atomic mass is 10.2. The van der Waals surface area contributed by atoms with E-state index in [0.29, 0.717) is 12.1 Å². The second-order valence-electron chi connectivity index (χ2n) is 2.43. The third-order valence-corrected chi connectivity index (χ3v) is 1.45. The number of hydrogen-bond donors (Lipinski definition) is 0. The van der Waals surface area contributed by atoms with Gasteiger partial charge in [-0.15, -0.1) is 0 Å². The van der Waals surface area contributed by atoms with E-state index in [1.54, 1.807) is 24.4 Å². The van der Waals surface area contributed by atoms with Crippen molar-refractivity contribution in [3.8, 4) is 6.07 Å². The number of nitriles is 1. The highest BCUT2D eigenvalue weighted by Crippen LogP contribution is 2.03. The first kappa shape index (κ1) is 9.78. The van der Waals surface area contributed by atoms with E-state index in [4.69, 9.17) is 10.8 Å². The molecule has 0 aliphatic heterocycles. The Hall–Kier alpha value is -2.31. The molecule has 14 heavy (non-hydrogen) atoms. The molecule has 0 aromatic carbocycles. The number of pyridine rings is 1. The summed E-state index contributed by atoms with van der Waals surface area (Å²) < 4.78 is 0. The van der Waals surface area contributed by atoms with Crippen molar-refractivity contribution in [3.63, 3.8) is 0 Å². The van der Waals surface area contributed by atoms with Crippen LogP contribution < -0.4 is 0 Å². The number of aromatic nitrogens is 1. The Morgan fingerprint density at radius 1 is 1.64 bits per heavy atom. The lowest BCUT2D eigenvalue weighted by molar-refractivity contribution is 1.22. The van der Waals surface area contributed by atoms with Gasteiger partial charge in [-0.1, -0.05) is 17.3 Å². The lowest BCUT2D eigenvalue weighted by Crippen LogP contribution is -1.80. The van der Waals surface area contributed by atoms with E-state index in [1.165, 1.54) is 6.20 Å². The minimum atomic E-state index is 0.299. The van der Waals surface area contributed by atoms with Crippen LogP contribution in [0, 0.1) is 11.3 Å². The molecule has 1 aromatic heterocycles. The van der Waals surface area contributed by atoms with Crippen LogP contribution in [0.15, 0.2) is 29.7 Å². The van der Waals surface area contributed by atoms with Gasteiger partial charge in [0, 0.05) is 23.9 Å². The Balaban J connectivity index is 2.72. The zero-order chi connectivity index (χ0) is 10.2. The fourth-order valence-electron chi connectivity index (χ4n) is 0.882. The van der Waals surface area contributed by atoms with Gasteiger partial charge >= 0.3 is 0 Å². The summed E-state index contributed by atoms with van der Waals surface area (Å²) in [6, 6.07) is 3.70. The van der Waals surface area contributed by atoms with E-state index >= 15 is 0 Å². The highest BCUT2D eigenvalue weighted by Gasteiger charge is 1.90. The maximum absolute atomic E-state index is 8.59. The van der Waals surface area contributed by atoms with Crippen LogP contribution in [-0.2, 0) is 0 Å². The molecule has 0 saturated carbocycles. The molecule has 0 spiro atoms. The maximum Gasteiger partial charge on any atom is 0.101 e. The van der Waals surface area contributed by atoms with Gasteiger partial charge in [-0.2, -0.15) is 5.26 Å². The van der Waals surface area contributed by atoms with Gasteiger partial charge in [-0.25, -0.2) is 0 Å². The SMILES string of the molecule is N#Cc1cncc(C=CCN=[N+]=[N-])c1. The summed E-state index contributed by atoms with van der Waals surface area (Å²) in [6.07, 6.45) is 6.58. The molecule has 68 valence electrons. The summed E-state index contributed by atoms with van der Waals surface area (Å²) in [5.41, 5.74) is 9.34. The highest BCUT2D eigenvalue weighted by molar-refractivity contribution is 5.50. The van der Waals surface area contributed by atoms with E-state index < -0.39 is 0 Å². The zero-order valence-electron chi connectivity index (χ0n) is 7.33. The van der Waals surface area contributed by atoms with Crippen molar-refractivity contribution in [1.82, 2.24) is 4.98 Å². The number of azide groups is 1. The first-order valence-corrected chi connectivity index (χ1v) is 3.89. The highest BCUT2D eigenvalue weighted by atomic mass is 15.1. The molecule has 0 aliphatic carbocycles. The van der Waals surface area contributed by atoms with Gasteiger partial charge in [0.15, 0.2) is 0 Å². The molecule has 0 amide bonds. The van der Waals surface area contributed by atoms with Crippen LogP contribution in [0.25, 0.3) is 16.5 Å². The molecule has 1 heterocycles. The predicted octanol–water partition coefficient (Wildman–Crippen LogP) is 2.28. The molecule has 5 heteroatoms. The van der Waals surface area contributed by atoms with Crippen molar-refractivity contribution in [2.75, 3.05) is 6.54 Å². The van der Waals surface area contributed by atoms with E-state index in [0.717, 1.165) is 5.56 Å². The van der Waals surface area contributed by atoms with E-state index in [9.17, 15) is 0 Å². The summed E-state index contributed by atoms with van der Waals surface area (Å²) in [5, 5.41) is 11.9. The zero-order valence-corrected chi connectivity index (χ0v) is 7.33. The molecule has 0 aliphatic rings. The Labute approximate surface area is 80.9 Å². The molecule has 0 N–H and O–H groups in total. The molecule has 5 nitrogen and oxygen atoms in total. The molecule has 0 saturated heterocycles. The normalized spacial score (nSPS) is 9.36. The van der Waals surface area contributed by atoms with Crippen molar-refractivity contribution in [1.29, 1.82) is 5.26 Å². The molecular weight excluding hydrogens is 178 g/mol. The molecular formula is C9H7N5. The van der Waals surface area contributed by atoms with Gasteiger partial charge in [0.1, 0.15) is 6.07 Å². The van der Waals surface area contributed by atoms with E-state index in [-0.39, 0.29) is 0 Å². The summed E-state index contributed by atoms with van der Waals surface area (Å²) in [5.74, 6) is 0. The van der Waals surface area contributed by atoms with Crippen LogP contribution in [0.3, 0.4) is 0 Å². The topological polar surface area (TPSA) is 85.4 Å². The van der Waals surface area contributed by atoms with Gasteiger partial charge in [0.25, 0.3) is 0 Å². The summed E-state index contributed by atoms with van der Waals surface area (Å²) in [4.78, 5) is 6.48. The lowest BCUT2D eigenvalue weighted by Gasteiger charge is -1.91. The molecule has 0 bridgehead atoms. The fourth-order valence-corrected chi connectivity index (χ4v) is 0.882. The monoisotopic (exact) mass is 185 g/mol. The second kappa shape index (κ2) is 5.36. The number of hydrogen-bond acceptors (Lipinski definition) is 3. The van der Waals surface area contributed by atoms with Crippen molar-refractivity contribution in [2.45, 2.75) is 0 Å². The van der Waals surface area contributed by atoms with Crippen LogP contribution in [0.4, 0.5) is 0 Å². The largest absolute Gasteiger partial charge is 0.263 e. The smallest absolute Gasteiger partial charge is 0.101 e. The van der Waals surface area contributed by atoms with Crippen LogP contribution in [0.2, 0.25) is 0 Å². The van der Waals surface area contributed by atoms with Crippen LogP contribution >= 0.6 is 0 Å². The van der Waals surface area contributed by atoms with E-state index in [1.807, 2.05) is 6.07 Å². The van der Waals surface area contributed by atoms with Gasteiger partial charge in [-0.05, 0) is 17.2 Å². The average Bonchev–Trinajstić information content (AvgIpc) is 2.25. The molecule has 0 unspecified atom stereocenters. The molecule has 1 aromatic rings. The minimum Gasteiger partial charge on any atom is -0.263 e. The quantitative estimate of drug-likeness (QED) is 0.411. The van der Waals surface area contributed by atoms with Crippen LogP contribution in [0.1, 0.15) is 11.1 Å². The fraction of sp³-hybridized carbons (Fsp3) is 0.111. The predicted molar refractivity (Wildman–Crippen MR) is 52.0 cm³/mol. The van der Waals surface area contributed by atoms with Crippen LogP contribution in [-0.4, -0.2) is 11.5 Å². The molecule has 0 radical (unpaired) electrons. The maximum atomic E-state index is 8.59. The summed E-state index contributed by atoms with van der Waals surface area (Å²) in [6.45, 7) is 0.299. The van der Waals surface area contributed by atoms with Crippen molar-refractivity contribution < 1.29 is 0 Å². The van der Waals surface area contributed by atoms with Crippen molar-refractivity contribution in [3.05, 3.63) is 46.1 Å². The van der Waals surface area contributed by atoms with Gasteiger partial charge in [0.05, 0.1) is 5.56 Å². The summed E-state index contributed by atoms with van der Waals surface area (Å²) in [7, 11) is 0. The minimum absolute atomic E-state index is 0.299. The van der Waals surface area contributed by atoms with Gasteiger partial charge in [-0.3, -0.25) is 4.98 Å². The molecule has 0 atom stereocenters. The van der Waals surface area contributed by atoms with Gasteiger partial charge < -0.3 is 0 Å². The Bertz CT molecular complexity index is 423. The van der Waals surface area contributed by atoms with Gasteiger partial charge in [0.2, 0.25) is 0 Å². The molecule has 0 fully saturated rings. The number of nitrogens with zero attached hydrogens (tertiary/aromatic N) is 5. The van der Waals surface area contributed by atoms with Crippen molar-refractivity contribution >= 4 is 6.08 Å². The Morgan fingerprint density at radius 2 is 2.50 bits per heavy atom. The Kier molecular flexibility index (Phi) is 3.74. The third-order valence-electron chi connectivity index (χ3n) is 1.45. The average molecular weight is 185 g/mol. The van der Waals surface area contributed by atoms with E-state index in [2.05, 4.69) is 15.0 Å². The Morgan fingerprint density at radius 3 is 3.21 bits per heavy atom. The third kappa shape index (κ3) is 2.97. The standard InChI is InChI=1S/C9H7N5/c10-5-9-4-8(6-12-7-9)2-1-3-13-14-11/h1-2,4,6-7H,3H2. The number of rotatable bonds is 3. The molecule has 1 rings (SSSR count). The van der Waals surface area contributed by atoms with Crippen molar-refractivity contribution in [2.24, 2.45) is 5.11 Å². The van der Waals surface area contributed by atoms with Crippen LogP contribution in [0.5, 0.6) is 0 Å². The second-order valence-corrected chi connectivity index (χ2v) is 2.43. The first-order valence-electron chi connectivity index (χ1n) is 3.89.